The van der Waals surface area contributed by atoms with Crippen molar-refractivity contribution in [3.8, 4) is 5.95 Å². The number of rotatable bonds is 6. The highest BCUT2D eigenvalue weighted by molar-refractivity contribution is 5.27. The molecule has 0 aromatic carbocycles. The molecule has 0 saturated carbocycles. The van der Waals surface area contributed by atoms with E-state index in [9.17, 15) is 0 Å². The van der Waals surface area contributed by atoms with Crippen LogP contribution >= 0.6 is 0 Å². The molecular formula is C11H17N7. The van der Waals surface area contributed by atoms with Crippen molar-refractivity contribution in [2.75, 3.05) is 11.9 Å². The summed E-state index contributed by atoms with van der Waals surface area (Å²) >= 11 is 0. The summed E-state index contributed by atoms with van der Waals surface area (Å²) < 4.78 is 1.54. The van der Waals surface area contributed by atoms with Crippen molar-refractivity contribution >= 4 is 5.95 Å². The Morgan fingerprint density at radius 3 is 2.78 bits per heavy atom. The molecule has 0 atom stereocenters. The molecule has 2 rings (SSSR count). The van der Waals surface area contributed by atoms with E-state index < -0.39 is 0 Å². The van der Waals surface area contributed by atoms with E-state index in [1.165, 1.54) is 11.0 Å². The summed E-state index contributed by atoms with van der Waals surface area (Å²) in [6.45, 7) is 4.92. The lowest BCUT2D eigenvalue weighted by atomic mass is 10.2. The highest BCUT2D eigenvalue weighted by Crippen LogP contribution is 2.07. The number of hydrogen-bond donors (Lipinski definition) is 1. The maximum atomic E-state index is 4.39. The lowest BCUT2D eigenvalue weighted by Gasteiger charge is -2.06. The molecule has 96 valence electrons. The minimum atomic E-state index is 0.504. The van der Waals surface area contributed by atoms with Crippen molar-refractivity contribution in [2.24, 2.45) is 0 Å². The van der Waals surface area contributed by atoms with Gasteiger partial charge < -0.3 is 5.32 Å². The van der Waals surface area contributed by atoms with Crippen molar-refractivity contribution in [1.82, 2.24) is 29.7 Å². The van der Waals surface area contributed by atoms with Crippen LogP contribution in [0.4, 0.5) is 5.95 Å². The van der Waals surface area contributed by atoms with E-state index in [1.54, 1.807) is 6.33 Å². The van der Waals surface area contributed by atoms with Crippen LogP contribution in [0.25, 0.3) is 5.95 Å². The van der Waals surface area contributed by atoms with Gasteiger partial charge in [0.15, 0.2) is 0 Å². The van der Waals surface area contributed by atoms with Crippen LogP contribution in [0.1, 0.15) is 32.5 Å². The molecule has 0 fully saturated rings. The van der Waals surface area contributed by atoms with Gasteiger partial charge in [-0.3, -0.25) is 0 Å². The number of unbranched alkanes of at least 4 members (excludes halogenated alkanes) is 1. The van der Waals surface area contributed by atoms with Gasteiger partial charge in [0.1, 0.15) is 18.5 Å². The van der Waals surface area contributed by atoms with E-state index in [2.05, 4.69) is 37.3 Å². The molecule has 1 N–H and O–H groups in total. The lowest BCUT2D eigenvalue weighted by Crippen LogP contribution is -2.11. The second-order valence-electron chi connectivity index (χ2n) is 3.85. The smallest absolute Gasteiger partial charge is 0.257 e. The number of nitrogens with one attached hydrogen (secondary N) is 1. The predicted molar refractivity (Wildman–Crippen MR) is 67.5 cm³/mol. The summed E-state index contributed by atoms with van der Waals surface area (Å²) in [4.78, 5) is 17.0. The number of aromatic nitrogens is 6. The van der Waals surface area contributed by atoms with Crippen molar-refractivity contribution in [2.45, 2.75) is 33.1 Å². The van der Waals surface area contributed by atoms with Gasteiger partial charge in [0.2, 0.25) is 5.95 Å². The van der Waals surface area contributed by atoms with Gasteiger partial charge in [0, 0.05) is 13.0 Å². The zero-order valence-corrected chi connectivity index (χ0v) is 10.7. The van der Waals surface area contributed by atoms with Gasteiger partial charge in [-0.2, -0.15) is 24.7 Å². The average Bonchev–Trinajstić information content (AvgIpc) is 2.90. The fourth-order valence-electron chi connectivity index (χ4n) is 1.51. The SMILES string of the molecule is CCCCc1nc(NCC)nc(-n2cncn2)n1. The number of aryl methyl sites for hydroxylation is 1. The van der Waals surface area contributed by atoms with E-state index in [0.717, 1.165) is 31.6 Å². The van der Waals surface area contributed by atoms with Crippen LogP contribution in [0.3, 0.4) is 0 Å². The van der Waals surface area contributed by atoms with Gasteiger partial charge in [-0.1, -0.05) is 13.3 Å². The summed E-state index contributed by atoms with van der Waals surface area (Å²) in [5.74, 6) is 1.88. The molecule has 0 radical (unpaired) electrons. The highest BCUT2D eigenvalue weighted by Gasteiger charge is 2.07. The first-order valence-corrected chi connectivity index (χ1v) is 6.17. The van der Waals surface area contributed by atoms with Crippen LogP contribution in [0.2, 0.25) is 0 Å². The predicted octanol–water partition coefficient (Wildman–Crippen LogP) is 1.23. The minimum Gasteiger partial charge on any atom is -0.354 e. The third-order valence-electron chi connectivity index (χ3n) is 2.38. The molecule has 0 aliphatic heterocycles. The maximum Gasteiger partial charge on any atom is 0.257 e. The van der Waals surface area contributed by atoms with Gasteiger partial charge in [0.05, 0.1) is 0 Å². The molecule has 2 heterocycles. The second kappa shape index (κ2) is 6.04. The number of nitrogens with zero attached hydrogens (tertiary/aromatic N) is 6. The van der Waals surface area contributed by atoms with E-state index in [4.69, 9.17) is 0 Å². The Morgan fingerprint density at radius 2 is 2.11 bits per heavy atom. The first-order valence-electron chi connectivity index (χ1n) is 6.17. The average molecular weight is 247 g/mol. The Bertz CT molecular complexity index is 480. The summed E-state index contributed by atoms with van der Waals surface area (Å²) in [6, 6.07) is 0. The first kappa shape index (κ1) is 12.4. The molecule has 2 aromatic rings. The van der Waals surface area contributed by atoms with Crippen LogP contribution in [0.15, 0.2) is 12.7 Å². The van der Waals surface area contributed by atoms with E-state index >= 15 is 0 Å². The van der Waals surface area contributed by atoms with Crippen LogP contribution in [-0.4, -0.2) is 36.3 Å². The zero-order chi connectivity index (χ0) is 12.8. The molecule has 7 heteroatoms. The summed E-state index contributed by atoms with van der Waals surface area (Å²) in [6.07, 6.45) is 6.06. The van der Waals surface area contributed by atoms with Crippen molar-refractivity contribution < 1.29 is 0 Å². The maximum absolute atomic E-state index is 4.39. The van der Waals surface area contributed by atoms with Crippen LogP contribution < -0.4 is 5.32 Å². The highest BCUT2D eigenvalue weighted by atomic mass is 15.4. The molecule has 7 nitrogen and oxygen atoms in total. The van der Waals surface area contributed by atoms with Crippen LogP contribution in [-0.2, 0) is 6.42 Å². The van der Waals surface area contributed by atoms with E-state index in [1.807, 2.05) is 6.92 Å². The monoisotopic (exact) mass is 247 g/mol. The Morgan fingerprint density at radius 1 is 1.22 bits per heavy atom. The van der Waals surface area contributed by atoms with Crippen LogP contribution in [0, 0.1) is 0 Å². The molecule has 0 saturated heterocycles. The molecule has 0 unspecified atom stereocenters. The van der Waals surface area contributed by atoms with E-state index in [0.29, 0.717) is 11.9 Å². The Kier molecular flexibility index (Phi) is 4.16. The molecule has 0 bridgehead atoms. The Balaban J connectivity index is 2.30. The van der Waals surface area contributed by atoms with E-state index in [-0.39, 0.29) is 0 Å². The van der Waals surface area contributed by atoms with Gasteiger partial charge in [-0.25, -0.2) is 4.98 Å². The summed E-state index contributed by atoms with van der Waals surface area (Å²) in [7, 11) is 0. The minimum absolute atomic E-state index is 0.504. The topological polar surface area (TPSA) is 81.4 Å². The standard InChI is InChI=1S/C11H17N7/c1-3-5-6-9-15-10(13-4-2)17-11(16-9)18-8-12-7-14-18/h7-8H,3-6H2,1-2H3,(H,13,15,16,17). The number of anilines is 1. The number of hydrogen-bond acceptors (Lipinski definition) is 6. The van der Waals surface area contributed by atoms with Crippen molar-refractivity contribution in [3.63, 3.8) is 0 Å². The van der Waals surface area contributed by atoms with Gasteiger partial charge in [-0.05, 0) is 13.3 Å². The van der Waals surface area contributed by atoms with Crippen LogP contribution in [0.5, 0.6) is 0 Å². The molecule has 0 aliphatic carbocycles. The zero-order valence-electron chi connectivity index (χ0n) is 10.7. The third-order valence-corrected chi connectivity index (χ3v) is 2.38. The Labute approximate surface area is 106 Å². The molecule has 2 aromatic heterocycles. The molecule has 18 heavy (non-hydrogen) atoms. The fourth-order valence-corrected chi connectivity index (χ4v) is 1.51. The molecule has 0 amide bonds. The first-order chi connectivity index (χ1) is 8.83. The normalized spacial score (nSPS) is 10.6. The summed E-state index contributed by atoms with van der Waals surface area (Å²) in [5.41, 5.74) is 0. The quantitative estimate of drug-likeness (QED) is 0.826. The van der Waals surface area contributed by atoms with Gasteiger partial charge >= 0.3 is 0 Å². The fraction of sp³-hybridized carbons (Fsp3) is 0.545. The second-order valence-corrected chi connectivity index (χ2v) is 3.85. The van der Waals surface area contributed by atoms with Crippen molar-refractivity contribution in [3.05, 3.63) is 18.5 Å². The Hall–Kier alpha value is -2.05. The summed E-state index contributed by atoms with van der Waals surface area (Å²) in [5, 5.41) is 7.14. The third kappa shape index (κ3) is 2.99. The van der Waals surface area contributed by atoms with Gasteiger partial charge in [-0.15, -0.1) is 0 Å². The molecule has 0 spiro atoms. The van der Waals surface area contributed by atoms with Gasteiger partial charge in [0.25, 0.3) is 5.95 Å². The molecule has 0 aliphatic rings. The largest absolute Gasteiger partial charge is 0.354 e. The lowest BCUT2D eigenvalue weighted by molar-refractivity contribution is 0.718. The van der Waals surface area contributed by atoms with Crippen molar-refractivity contribution in [1.29, 1.82) is 0 Å². The molecular weight excluding hydrogens is 230 g/mol.